The van der Waals surface area contributed by atoms with Crippen molar-refractivity contribution in [3.05, 3.63) is 72.1 Å². The second kappa shape index (κ2) is 8.81. The number of phenols is 1. The minimum atomic E-state index is -0.486. The topological polar surface area (TPSA) is 87.0 Å². The Morgan fingerprint density at radius 2 is 1.90 bits per heavy atom. The van der Waals surface area contributed by atoms with Gasteiger partial charge in [-0.2, -0.15) is 5.10 Å². The molecule has 0 saturated carbocycles. The maximum absolute atomic E-state index is 13.0. The van der Waals surface area contributed by atoms with Gasteiger partial charge in [0.2, 0.25) is 0 Å². The largest absolute Gasteiger partial charge is 0.507 e. The first-order valence-electron chi connectivity index (χ1n) is 9.49. The molecule has 0 radical (unpaired) electrons. The Bertz CT molecular complexity index is 1020. The molecule has 148 valence electrons. The number of benzene rings is 2. The van der Waals surface area contributed by atoms with Crippen LogP contribution in [0.15, 0.2) is 66.0 Å². The number of carbonyl (C=O) groups excluding carboxylic acids is 1. The van der Waals surface area contributed by atoms with Crippen molar-refractivity contribution in [1.82, 2.24) is 15.3 Å². The summed E-state index contributed by atoms with van der Waals surface area (Å²) in [5.74, 6) is -0.130. The number of phenolic OH excluding ortho intramolecular Hbond substituents is 1. The monoisotopic (exact) mass is 390 g/mol. The van der Waals surface area contributed by atoms with Gasteiger partial charge in [-0.3, -0.25) is 14.7 Å². The number of nitrogens with one attached hydrogen (secondary N) is 1. The number of nitrogens with zero attached hydrogens (tertiary/aromatic N) is 3. The average Bonchev–Trinajstić information content (AvgIpc) is 2.77. The third-order valence-corrected chi connectivity index (χ3v) is 5.00. The molecular weight excluding hydrogens is 368 g/mol. The van der Waals surface area contributed by atoms with Crippen LogP contribution in [0.25, 0.3) is 10.8 Å². The first kappa shape index (κ1) is 19.0. The number of aromatic nitrogens is 1. The van der Waals surface area contributed by atoms with Crippen molar-refractivity contribution >= 4 is 22.9 Å². The maximum Gasteiger partial charge on any atom is 0.262 e. The number of aromatic hydroxyl groups is 1. The van der Waals surface area contributed by atoms with E-state index in [0.29, 0.717) is 31.9 Å². The molecule has 3 aromatic rings. The summed E-state index contributed by atoms with van der Waals surface area (Å²) < 4.78 is 5.42. The molecule has 1 aliphatic rings. The van der Waals surface area contributed by atoms with Crippen LogP contribution >= 0.6 is 0 Å². The van der Waals surface area contributed by atoms with E-state index in [1.807, 2.05) is 42.5 Å². The summed E-state index contributed by atoms with van der Waals surface area (Å²) in [5, 5.41) is 16.2. The average molecular weight is 390 g/mol. The molecule has 2 N–H and O–H groups in total. The molecule has 1 saturated heterocycles. The fraction of sp³-hybridized carbons (Fsp3) is 0.227. The molecule has 7 heteroatoms. The van der Waals surface area contributed by atoms with E-state index < -0.39 is 6.04 Å². The van der Waals surface area contributed by atoms with E-state index >= 15 is 0 Å². The molecule has 1 aromatic heterocycles. The van der Waals surface area contributed by atoms with Gasteiger partial charge in [0.05, 0.1) is 19.4 Å². The number of rotatable bonds is 5. The van der Waals surface area contributed by atoms with Crippen LogP contribution in [0.4, 0.5) is 0 Å². The highest BCUT2D eigenvalue weighted by Crippen LogP contribution is 2.25. The van der Waals surface area contributed by atoms with Crippen LogP contribution in [-0.2, 0) is 9.53 Å². The number of pyridine rings is 1. The van der Waals surface area contributed by atoms with E-state index in [2.05, 4.69) is 20.4 Å². The zero-order valence-corrected chi connectivity index (χ0v) is 15.9. The quantitative estimate of drug-likeness (QED) is 0.516. The van der Waals surface area contributed by atoms with Gasteiger partial charge in [0.25, 0.3) is 5.91 Å². The van der Waals surface area contributed by atoms with Gasteiger partial charge in [0.1, 0.15) is 11.8 Å². The predicted molar refractivity (Wildman–Crippen MR) is 111 cm³/mol. The Hall–Kier alpha value is -3.29. The number of hydrogen-bond donors (Lipinski definition) is 2. The third kappa shape index (κ3) is 4.26. The SMILES string of the molecule is O=C(N/N=C/c1c(O)ccc2ccccc12)C(c1ccncc1)N1CCOCC1. The lowest BCUT2D eigenvalue weighted by molar-refractivity contribution is -0.128. The van der Waals surface area contributed by atoms with Crippen molar-refractivity contribution in [1.29, 1.82) is 0 Å². The molecule has 1 aliphatic heterocycles. The van der Waals surface area contributed by atoms with Crippen molar-refractivity contribution in [3.63, 3.8) is 0 Å². The smallest absolute Gasteiger partial charge is 0.262 e. The Balaban J connectivity index is 1.56. The van der Waals surface area contributed by atoms with Gasteiger partial charge in [0, 0.05) is 31.0 Å². The minimum Gasteiger partial charge on any atom is -0.507 e. The minimum absolute atomic E-state index is 0.112. The van der Waals surface area contributed by atoms with E-state index in [1.165, 1.54) is 6.21 Å². The van der Waals surface area contributed by atoms with Crippen LogP contribution in [-0.4, -0.2) is 53.4 Å². The van der Waals surface area contributed by atoms with Crippen LogP contribution in [0.5, 0.6) is 5.75 Å². The lowest BCUT2D eigenvalue weighted by Crippen LogP contribution is -2.44. The van der Waals surface area contributed by atoms with Crippen LogP contribution < -0.4 is 5.43 Å². The number of hydrazone groups is 1. The normalized spacial score (nSPS) is 16.1. The third-order valence-electron chi connectivity index (χ3n) is 5.00. The highest BCUT2D eigenvalue weighted by atomic mass is 16.5. The van der Waals surface area contributed by atoms with E-state index in [-0.39, 0.29) is 11.7 Å². The van der Waals surface area contributed by atoms with E-state index in [4.69, 9.17) is 4.74 Å². The Morgan fingerprint density at radius 1 is 1.14 bits per heavy atom. The molecule has 0 bridgehead atoms. The zero-order chi connectivity index (χ0) is 20.1. The molecular formula is C22H22N4O3. The molecule has 0 spiro atoms. The summed E-state index contributed by atoms with van der Waals surface area (Å²) in [4.78, 5) is 19.1. The predicted octanol–water partition coefficient (Wildman–Crippen LogP) is 2.46. The standard InChI is InChI=1S/C22H22N4O3/c27-20-6-5-16-3-1-2-4-18(16)19(20)15-24-25-22(28)21(17-7-9-23-10-8-17)26-11-13-29-14-12-26/h1-10,15,21,27H,11-14H2,(H,25,28)/b24-15+. The zero-order valence-electron chi connectivity index (χ0n) is 15.9. The fourth-order valence-corrected chi connectivity index (χ4v) is 3.55. The van der Waals surface area contributed by atoms with Crippen LogP contribution in [0, 0.1) is 0 Å². The lowest BCUT2D eigenvalue weighted by atomic mass is 10.0. The number of hydrogen-bond acceptors (Lipinski definition) is 6. The molecule has 1 atom stereocenters. The molecule has 29 heavy (non-hydrogen) atoms. The Morgan fingerprint density at radius 3 is 2.69 bits per heavy atom. The van der Waals surface area contributed by atoms with Crippen molar-refractivity contribution in [3.8, 4) is 5.75 Å². The fourth-order valence-electron chi connectivity index (χ4n) is 3.55. The summed E-state index contributed by atoms with van der Waals surface area (Å²) in [6, 6.07) is 14.4. The van der Waals surface area contributed by atoms with Gasteiger partial charge in [-0.25, -0.2) is 5.43 Å². The van der Waals surface area contributed by atoms with Crippen LogP contribution in [0.1, 0.15) is 17.2 Å². The van der Waals surface area contributed by atoms with Gasteiger partial charge in [-0.05, 0) is 34.5 Å². The molecule has 2 aromatic carbocycles. The summed E-state index contributed by atoms with van der Waals surface area (Å²) in [7, 11) is 0. The Labute approximate surface area is 168 Å². The molecule has 1 fully saturated rings. The van der Waals surface area contributed by atoms with Gasteiger partial charge in [-0.1, -0.05) is 30.3 Å². The molecule has 0 aliphatic carbocycles. The van der Waals surface area contributed by atoms with Gasteiger partial charge >= 0.3 is 0 Å². The van der Waals surface area contributed by atoms with Crippen LogP contribution in [0.3, 0.4) is 0 Å². The highest BCUT2D eigenvalue weighted by molar-refractivity contribution is 6.02. The van der Waals surface area contributed by atoms with Crippen molar-refractivity contribution in [2.75, 3.05) is 26.3 Å². The summed E-state index contributed by atoms with van der Waals surface area (Å²) >= 11 is 0. The summed E-state index contributed by atoms with van der Waals surface area (Å²) in [6.45, 7) is 2.49. The van der Waals surface area contributed by atoms with E-state index in [0.717, 1.165) is 16.3 Å². The van der Waals surface area contributed by atoms with Crippen molar-refractivity contribution in [2.24, 2.45) is 5.10 Å². The molecule has 2 heterocycles. The first-order chi connectivity index (χ1) is 14.2. The van der Waals surface area contributed by atoms with Crippen molar-refractivity contribution < 1.29 is 14.6 Å². The van der Waals surface area contributed by atoms with Crippen LogP contribution in [0.2, 0.25) is 0 Å². The van der Waals surface area contributed by atoms with Crippen molar-refractivity contribution in [2.45, 2.75) is 6.04 Å². The summed E-state index contributed by atoms with van der Waals surface area (Å²) in [6.07, 6.45) is 4.83. The second-order valence-corrected chi connectivity index (χ2v) is 6.79. The number of ether oxygens (including phenoxy) is 1. The molecule has 1 amide bonds. The van der Waals surface area contributed by atoms with E-state index in [1.54, 1.807) is 18.5 Å². The number of amides is 1. The Kier molecular flexibility index (Phi) is 5.79. The number of morpholine rings is 1. The van der Waals surface area contributed by atoms with Gasteiger partial charge in [-0.15, -0.1) is 0 Å². The molecule has 1 unspecified atom stereocenters. The number of fused-ring (bicyclic) bond motifs is 1. The second-order valence-electron chi connectivity index (χ2n) is 6.79. The maximum atomic E-state index is 13.0. The molecule has 4 rings (SSSR count). The number of carbonyl (C=O) groups is 1. The molecule has 7 nitrogen and oxygen atoms in total. The summed E-state index contributed by atoms with van der Waals surface area (Å²) in [5.41, 5.74) is 4.05. The lowest BCUT2D eigenvalue weighted by Gasteiger charge is -2.33. The highest BCUT2D eigenvalue weighted by Gasteiger charge is 2.28. The van der Waals surface area contributed by atoms with Gasteiger partial charge < -0.3 is 9.84 Å². The van der Waals surface area contributed by atoms with Gasteiger partial charge in [0.15, 0.2) is 0 Å². The first-order valence-corrected chi connectivity index (χ1v) is 9.49. The van der Waals surface area contributed by atoms with E-state index in [9.17, 15) is 9.90 Å².